The Morgan fingerprint density at radius 2 is 1.62 bits per heavy atom. The van der Waals surface area contributed by atoms with Crippen LogP contribution in [0.25, 0.3) is 11.1 Å². The Kier molecular flexibility index (Phi) is 7.17. The molecule has 1 saturated carbocycles. The van der Waals surface area contributed by atoms with E-state index in [2.05, 4.69) is 6.92 Å². The third-order valence-electron chi connectivity index (χ3n) is 7.39. The van der Waals surface area contributed by atoms with Crippen molar-refractivity contribution in [1.29, 1.82) is 0 Å². The summed E-state index contributed by atoms with van der Waals surface area (Å²) >= 11 is 0. The number of unbranched alkanes of at least 4 members (excludes halogenated alkanes) is 3. The minimum Gasteiger partial charge on any atom is -0.425 e. The Balaban J connectivity index is 1.56. The second-order valence-corrected chi connectivity index (χ2v) is 9.66. The first-order valence-corrected chi connectivity index (χ1v) is 12.5. The predicted molar refractivity (Wildman–Crippen MR) is 124 cm³/mol. The third kappa shape index (κ3) is 4.70. The van der Waals surface area contributed by atoms with Crippen molar-refractivity contribution in [1.82, 2.24) is 0 Å². The minimum atomic E-state index is -3.53. The van der Waals surface area contributed by atoms with Crippen LogP contribution in [0.4, 0.5) is 13.2 Å². The minimum absolute atomic E-state index is 0.131. The third-order valence-corrected chi connectivity index (χ3v) is 7.39. The van der Waals surface area contributed by atoms with E-state index in [0.29, 0.717) is 29.0 Å². The van der Waals surface area contributed by atoms with Gasteiger partial charge in [0.25, 0.3) is 0 Å². The zero-order valence-corrected chi connectivity index (χ0v) is 19.4. The molecule has 4 heteroatoms. The van der Waals surface area contributed by atoms with Gasteiger partial charge in [-0.1, -0.05) is 70.2 Å². The van der Waals surface area contributed by atoms with E-state index in [1.165, 1.54) is 38.5 Å². The average molecular weight is 445 g/mol. The maximum Gasteiger partial charge on any atom is 0.427 e. The van der Waals surface area contributed by atoms with Crippen LogP contribution in [0.5, 0.6) is 5.75 Å². The normalized spacial score (nSPS) is 21.5. The van der Waals surface area contributed by atoms with Crippen LogP contribution in [-0.2, 0) is 12.5 Å². The first kappa shape index (κ1) is 23.2. The number of benzene rings is 2. The Morgan fingerprint density at radius 3 is 2.34 bits per heavy atom. The molecule has 1 fully saturated rings. The number of alkyl halides is 2. The number of aryl methyl sites for hydroxylation is 1. The zero-order valence-electron chi connectivity index (χ0n) is 19.4. The van der Waals surface area contributed by atoms with Crippen molar-refractivity contribution < 1.29 is 17.9 Å². The highest BCUT2D eigenvalue weighted by molar-refractivity contribution is 5.77. The quantitative estimate of drug-likeness (QED) is 0.369. The van der Waals surface area contributed by atoms with E-state index in [9.17, 15) is 4.39 Å². The molecule has 2 aromatic carbocycles. The summed E-state index contributed by atoms with van der Waals surface area (Å²) in [6, 6.07) is 8.78. The van der Waals surface area contributed by atoms with E-state index in [4.69, 9.17) is 4.74 Å². The van der Waals surface area contributed by atoms with Crippen LogP contribution >= 0.6 is 0 Å². The van der Waals surface area contributed by atoms with Crippen LogP contribution in [-0.4, -0.2) is 0 Å². The molecule has 4 rings (SSSR count). The van der Waals surface area contributed by atoms with Crippen LogP contribution in [0.3, 0.4) is 0 Å². The summed E-state index contributed by atoms with van der Waals surface area (Å²) in [5.41, 5.74) is 2.08. The van der Waals surface area contributed by atoms with Gasteiger partial charge < -0.3 is 4.74 Å². The maximum atomic E-state index is 15.0. The molecular weight excluding hydrogens is 409 g/mol. The lowest BCUT2D eigenvalue weighted by atomic mass is 9.76. The van der Waals surface area contributed by atoms with E-state index < -0.39 is 11.9 Å². The summed E-state index contributed by atoms with van der Waals surface area (Å²) in [5.74, 6) is 0.133. The average Bonchev–Trinajstić information content (AvgIpc) is 2.79. The molecule has 0 spiro atoms. The van der Waals surface area contributed by atoms with Gasteiger partial charge in [0, 0.05) is 5.56 Å². The lowest BCUT2D eigenvalue weighted by molar-refractivity contribution is -0.188. The van der Waals surface area contributed by atoms with Crippen molar-refractivity contribution in [2.75, 3.05) is 0 Å². The molecule has 0 unspecified atom stereocenters. The van der Waals surface area contributed by atoms with Gasteiger partial charge in [-0.2, -0.15) is 8.78 Å². The number of hydrogen-bond acceptors (Lipinski definition) is 1. The number of fused-ring (bicyclic) bond motifs is 3. The molecule has 0 amide bonds. The van der Waals surface area contributed by atoms with Gasteiger partial charge >= 0.3 is 6.11 Å². The second kappa shape index (κ2) is 9.89. The number of rotatable bonds is 8. The number of ether oxygens (including phenoxy) is 1. The fourth-order valence-corrected chi connectivity index (χ4v) is 5.41. The monoisotopic (exact) mass is 444 g/mol. The van der Waals surface area contributed by atoms with Crippen molar-refractivity contribution in [3.05, 3.63) is 52.8 Å². The van der Waals surface area contributed by atoms with Gasteiger partial charge in [-0.25, -0.2) is 4.39 Å². The molecule has 1 heterocycles. The van der Waals surface area contributed by atoms with E-state index in [0.717, 1.165) is 37.2 Å². The lowest BCUT2D eigenvalue weighted by Gasteiger charge is -2.32. The van der Waals surface area contributed by atoms with Crippen LogP contribution in [0.1, 0.15) is 101 Å². The van der Waals surface area contributed by atoms with Gasteiger partial charge in [0.15, 0.2) is 11.6 Å². The lowest BCUT2D eigenvalue weighted by Crippen LogP contribution is -2.28. The highest BCUT2D eigenvalue weighted by Gasteiger charge is 2.44. The topological polar surface area (TPSA) is 9.23 Å². The Morgan fingerprint density at radius 1 is 0.906 bits per heavy atom. The first-order chi connectivity index (χ1) is 15.4. The molecular formula is C28H35F3O. The Hall–Kier alpha value is -1.97. The van der Waals surface area contributed by atoms with Crippen molar-refractivity contribution in [2.45, 2.75) is 96.5 Å². The van der Waals surface area contributed by atoms with Gasteiger partial charge in [0.1, 0.15) is 0 Å². The summed E-state index contributed by atoms with van der Waals surface area (Å²) in [7, 11) is 0. The van der Waals surface area contributed by atoms with Crippen LogP contribution in [0.2, 0.25) is 0 Å². The highest BCUT2D eigenvalue weighted by Crippen LogP contribution is 2.50. The summed E-state index contributed by atoms with van der Waals surface area (Å²) in [4.78, 5) is 0. The summed E-state index contributed by atoms with van der Waals surface area (Å²) < 4.78 is 50.0. The predicted octanol–water partition coefficient (Wildman–Crippen LogP) is 9.13. The molecule has 0 bridgehead atoms. The molecule has 0 radical (unpaired) electrons. The summed E-state index contributed by atoms with van der Waals surface area (Å²) in [5, 5.41) is 0. The van der Waals surface area contributed by atoms with Gasteiger partial charge in [0.05, 0.1) is 5.56 Å². The van der Waals surface area contributed by atoms with Crippen molar-refractivity contribution in [3.63, 3.8) is 0 Å². The van der Waals surface area contributed by atoms with Crippen molar-refractivity contribution in [3.8, 4) is 16.9 Å². The maximum absolute atomic E-state index is 15.0. The molecule has 0 N–H and O–H groups in total. The molecule has 32 heavy (non-hydrogen) atoms. The van der Waals surface area contributed by atoms with Crippen LogP contribution in [0.15, 0.2) is 30.3 Å². The molecule has 0 aromatic heterocycles. The SMILES string of the molecule is CCCCCC1CCC(c2ccc3c(c2)C(F)(F)Oc2c-3ccc(CCCC)c2F)CC1. The number of halogens is 3. The smallest absolute Gasteiger partial charge is 0.425 e. The van der Waals surface area contributed by atoms with Gasteiger partial charge in [-0.3, -0.25) is 0 Å². The number of hydrogen-bond donors (Lipinski definition) is 0. The molecule has 0 saturated heterocycles. The zero-order chi connectivity index (χ0) is 22.7. The fraction of sp³-hybridized carbons (Fsp3) is 0.571. The molecule has 1 aliphatic carbocycles. The molecule has 0 atom stereocenters. The second-order valence-electron chi connectivity index (χ2n) is 9.66. The first-order valence-electron chi connectivity index (χ1n) is 12.5. The molecule has 174 valence electrons. The van der Waals surface area contributed by atoms with E-state index in [1.54, 1.807) is 24.3 Å². The summed E-state index contributed by atoms with van der Waals surface area (Å²) in [6.07, 6.45) is 8.30. The van der Waals surface area contributed by atoms with E-state index in [1.807, 2.05) is 13.0 Å². The van der Waals surface area contributed by atoms with Crippen molar-refractivity contribution >= 4 is 0 Å². The molecule has 1 aliphatic heterocycles. The molecule has 1 nitrogen and oxygen atoms in total. The standard InChI is InChI=1S/C28H35F3O/c1-3-5-7-8-19-10-12-20(13-11-19)22-15-16-23-24-17-14-21(9-6-4-2)26(29)27(24)32-28(30,31)25(23)18-22/h14-20H,3-13H2,1-2H3. The van der Waals surface area contributed by atoms with Crippen molar-refractivity contribution in [2.24, 2.45) is 5.92 Å². The fourth-order valence-electron chi connectivity index (χ4n) is 5.41. The Labute approximate surface area is 190 Å². The van der Waals surface area contributed by atoms with Crippen LogP contribution < -0.4 is 4.74 Å². The van der Waals surface area contributed by atoms with Gasteiger partial charge in [0.2, 0.25) is 0 Å². The Bertz CT molecular complexity index is 929. The van der Waals surface area contributed by atoms with E-state index in [-0.39, 0.29) is 11.3 Å². The molecule has 2 aromatic rings. The van der Waals surface area contributed by atoms with Gasteiger partial charge in [-0.05, 0) is 73.1 Å². The van der Waals surface area contributed by atoms with Gasteiger partial charge in [-0.15, -0.1) is 0 Å². The largest absolute Gasteiger partial charge is 0.427 e. The molecule has 2 aliphatic rings. The summed E-state index contributed by atoms with van der Waals surface area (Å²) in [6.45, 7) is 4.25. The highest BCUT2D eigenvalue weighted by atomic mass is 19.3. The van der Waals surface area contributed by atoms with E-state index >= 15 is 8.78 Å². The van der Waals surface area contributed by atoms with Crippen LogP contribution in [0, 0.1) is 11.7 Å².